The summed E-state index contributed by atoms with van der Waals surface area (Å²) in [5.74, 6) is 1.94. The third-order valence-corrected chi connectivity index (χ3v) is 4.81. The molecule has 0 amide bonds. The van der Waals surface area contributed by atoms with Crippen molar-refractivity contribution in [2.24, 2.45) is 0 Å². The molecule has 4 rings (SSSR count). The number of fused-ring (bicyclic) bond motifs is 1. The molecule has 7 nitrogen and oxygen atoms in total. The summed E-state index contributed by atoms with van der Waals surface area (Å²) in [5, 5.41) is 0. The van der Waals surface area contributed by atoms with Gasteiger partial charge in [-0.3, -0.25) is 4.79 Å². The van der Waals surface area contributed by atoms with Gasteiger partial charge in [0.2, 0.25) is 6.79 Å². The van der Waals surface area contributed by atoms with Crippen LogP contribution in [0.25, 0.3) is 6.08 Å². The zero-order chi connectivity index (χ0) is 22.5. The normalized spacial score (nSPS) is 11.9. The van der Waals surface area contributed by atoms with Crippen LogP contribution >= 0.6 is 0 Å². The minimum absolute atomic E-state index is 0.128. The van der Waals surface area contributed by atoms with Crippen LogP contribution in [0.4, 0.5) is 0 Å². The Balaban J connectivity index is 1.41. The molecule has 3 aromatic rings. The average Bonchev–Trinajstić information content (AvgIpc) is 3.30. The molecule has 7 heteroatoms. The maximum atomic E-state index is 12.5. The van der Waals surface area contributed by atoms with Crippen LogP contribution in [0.1, 0.15) is 26.3 Å². The monoisotopic (exact) mass is 432 g/mol. The van der Waals surface area contributed by atoms with E-state index in [-0.39, 0.29) is 12.6 Å². The topological polar surface area (TPSA) is 80.3 Å². The molecule has 0 spiro atoms. The molecule has 32 heavy (non-hydrogen) atoms. The van der Waals surface area contributed by atoms with Gasteiger partial charge in [-0.05, 0) is 66.7 Å². The number of carbonyl (C=O) groups is 2. The molecule has 1 aliphatic rings. The molecule has 0 aliphatic carbocycles. The fraction of sp³-hybridized carbons (Fsp3) is 0.120. The summed E-state index contributed by atoms with van der Waals surface area (Å²) < 4.78 is 26.4. The first-order chi connectivity index (χ1) is 15.6. The molecule has 1 aliphatic heterocycles. The molecule has 0 saturated carbocycles. The first-order valence-electron chi connectivity index (χ1n) is 9.73. The van der Waals surface area contributed by atoms with Crippen molar-refractivity contribution in [1.82, 2.24) is 0 Å². The van der Waals surface area contributed by atoms with Crippen molar-refractivity contribution in [1.29, 1.82) is 0 Å². The SMILES string of the molecule is COc1ccc(/C=C/C(=O)c2ccc(OC(=O)c3ccc4c(c3)OCO4)cc2)c(OC)c1. The molecule has 0 atom stereocenters. The van der Waals surface area contributed by atoms with Gasteiger partial charge < -0.3 is 23.7 Å². The Bertz CT molecular complexity index is 1180. The van der Waals surface area contributed by atoms with Crippen molar-refractivity contribution in [3.63, 3.8) is 0 Å². The molecule has 0 bridgehead atoms. The highest BCUT2D eigenvalue weighted by Crippen LogP contribution is 2.33. The number of rotatable bonds is 7. The highest BCUT2D eigenvalue weighted by molar-refractivity contribution is 6.07. The largest absolute Gasteiger partial charge is 0.497 e. The van der Waals surface area contributed by atoms with Gasteiger partial charge in [0.15, 0.2) is 17.3 Å². The lowest BCUT2D eigenvalue weighted by Gasteiger charge is -2.07. The summed E-state index contributed by atoms with van der Waals surface area (Å²) in [6.07, 6.45) is 3.13. The molecule has 0 unspecified atom stereocenters. The van der Waals surface area contributed by atoms with Crippen LogP contribution in [-0.4, -0.2) is 32.8 Å². The Labute approximate surface area is 184 Å². The van der Waals surface area contributed by atoms with Crippen molar-refractivity contribution >= 4 is 17.8 Å². The van der Waals surface area contributed by atoms with Gasteiger partial charge in [-0.25, -0.2) is 4.79 Å². The van der Waals surface area contributed by atoms with Crippen molar-refractivity contribution in [2.45, 2.75) is 0 Å². The Kier molecular flexibility index (Phi) is 6.07. The Hall–Kier alpha value is -4.26. The van der Waals surface area contributed by atoms with Gasteiger partial charge in [-0.1, -0.05) is 0 Å². The summed E-state index contributed by atoms with van der Waals surface area (Å²) in [5.41, 5.74) is 1.54. The van der Waals surface area contributed by atoms with Gasteiger partial charge in [0.1, 0.15) is 17.2 Å². The van der Waals surface area contributed by atoms with Crippen LogP contribution in [0.15, 0.2) is 66.7 Å². The van der Waals surface area contributed by atoms with E-state index in [1.807, 2.05) is 0 Å². The van der Waals surface area contributed by atoms with E-state index >= 15 is 0 Å². The maximum Gasteiger partial charge on any atom is 0.343 e. The van der Waals surface area contributed by atoms with Crippen LogP contribution in [0, 0.1) is 0 Å². The number of allylic oxidation sites excluding steroid dienone is 1. The van der Waals surface area contributed by atoms with Gasteiger partial charge >= 0.3 is 5.97 Å². The maximum absolute atomic E-state index is 12.5. The third kappa shape index (κ3) is 4.57. The molecule has 0 fully saturated rings. The minimum atomic E-state index is -0.533. The predicted octanol–water partition coefficient (Wildman–Crippen LogP) is 4.55. The van der Waals surface area contributed by atoms with E-state index in [1.165, 1.54) is 6.08 Å². The molecule has 0 radical (unpaired) electrons. The number of methoxy groups -OCH3 is 2. The predicted molar refractivity (Wildman–Crippen MR) is 117 cm³/mol. The second-order valence-electron chi connectivity index (χ2n) is 6.79. The van der Waals surface area contributed by atoms with Gasteiger partial charge in [0.25, 0.3) is 0 Å². The highest BCUT2D eigenvalue weighted by atomic mass is 16.7. The van der Waals surface area contributed by atoms with Crippen molar-refractivity contribution < 1.29 is 33.3 Å². The first kappa shape index (κ1) is 21.0. The van der Waals surface area contributed by atoms with Gasteiger partial charge in [0, 0.05) is 17.2 Å². The van der Waals surface area contributed by atoms with E-state index in [1.54, 1.807) is 81.0 Å². The van der Waals surface area contributed by atoms with Crippen LogP contribution in [0.5, 0.6) is 28.7 Å². The summed E-state index contributed by atoms with van der Waals surface area (Å²) in [7, 11) is 3.13. The second-order valence-corrected chi connectivity index (χ2v) is 6.79. The number of carbonyl (C=O) groups excluding carboxylic acids is 2. The number of esters is 1. The molecule has 0 aromatic heterocycles. The van der Waals surface area contributed by atoms with E-state index in [9.17, 15) is 9.59 Å². The van der Waals surface area contributed by atoms with Crippen molar-refractivity contribution in [3.8, 4) is 28.7 Å². The van der Waals surface area contributed by atoms with E-state index in [2.05, 4.69) is 0 Å². The Morgan fingerprint density at radius 3 is 2.28 bits per heavy atom. The van der Waals surface area contributed by atoms with Crippen LogP contribution in [0.2, 0.25) is 0 Å². The zero-order valence-electron chi connectivity index (χ0n) is 17.5. The smallest absolute Gasteiger partial charge is 0.343 e. The third-order valence-electron chi connectivity index (χ3n) is 4.81. The van der Waals surface area contributed by atoms with Crippen molar-refractivity contribution in [3.05, 3.63) is 83.4 Å². The standard InChI is InChI=1S/C25H20O7/c1-28-20-10-5-17(23(14-20)29-2)6-11-21(26)16-3-8-19(9-4-16)32-25(27)18-7-12-22-24(13-18)31-15-30-22/h3-14H,15H2,1-2H3/b11-6+. The molecule has 0 N–H and O–H groups in total. The number of hydrogen-bond acceptors (Lipinski definition) is 7. The molecule has 162 valence electrons. The van der Waals surface area contributed by atoms with E-state index in [0.29, 0.717) is 39.9 Å². The van der Waals surface area contributed by atoms with E-state index < -0.39 is 5.97 Å². The number of ether oxygens (including phenoxy) is 5. The molecular weight excluding hydrogens is 412 g/mol. The quantitative estimate of drug-likeness (QED) is 0.235. The summed E-state index contributed by atoms with van der Waals surface area (Å²) in [6, 6.07) is 16.5. The summed E-state index contributed by atoms with van der Waals surface area (Å²) in [6.45, 7) is 0.128. The van der Waals surface area contributed by atoms with E-state index in [0.717, 1.165) is 5.56 Å². The highest BCUT2D eigenvalue weighted by Gasteiger charge is 2.17. The fourth-order valence-electron chi connectivity index (χ4n) is 3.09. The average molecular weight is 432 g/mol. The van der Waals surface area contributed by atoms with Crippen LogP contribution < -0.4 is 23.7 Å². The summed E-state index contributed by atoms with van der Waals surface area (Å²) >= 11 is 0. The number of benzene rings is 3. The second kappa shape index (κ2) is 9.26. The van der Waals surface area contributed by atoms with Gasteiger partial charge in [-0.15, -0.1) is 0 Å². The van der Waals surface area contributed by atoms with E-state index in [4.69, 9.17) is 23.7 Å². The Morgan fingerprint density at radius 2 is 1.53 bits per heavy atom. The number of hydrogen-bond donors (Lipinski definition) is 0. The number of ketones is 1. The van der Waals surface area contributed by atoms with Crippen LogP contribution in [-0.2, 0) is 0 Å². The minimum Gasteiger partial charge on any atom is -0.497 e. The van der Waals surface area contributed by atoms with Crippen molar-refractivity contribution in [2.75, 3.05) is 21.0 Å². The van der Waals surface area contributed by atoms with Gasteiger partial charge in [-0.2, -0.15) is 0 Å². The molecule has 0 saturated heterocycles. The molecule has 3 aromatic carbocycles. The van der Waals surface area contributed by atoms with Gasteiger partial charge in [0.05, 0.1) is 19.8 Å². The summed E-state index contributed by atoms with van der Waals surface area (Å²) in [4.78, 5) is 24.9. The Morgan fingerprint density at radius 1 is 0.812 bits per heavy atom. The lowest BCUT2D eigenvalue weighted by molar-refractivity contribution is 0.0734. The molecule has 1 heterocycles. The lowest BCUT2D eigenvalue weighted by atomic mass is 10.1. The lowest BCUT2D eigenvalue weighted by Crippen LogP contribution is -2.08. The fourth-order valence-corrected chi connectivity index (χ4v) is 3.09. The van der Waals surface area contributed by atoms with Crippen LogP contribution in [0.3, 0.4) is 0 Å². The first-order valence-corrected chi connectivity index (χ1v) is 9.73. The molecular formula is C25H20O7. The zero-order valence-corrected chi connectivity index (χ0v) is 17.5.